The van der Waals surface area contributed by atoms with E-state index in [-0.39, 0.29) is 17.5 Å². The third-order valence-electron chi connectivity index (χ3n) is 3.97. The first kappa shape index (κ1) is 11.9. The van der Waals surface area contributed by atoms with Crippen molar-refractivity contribution in [2.45, 2.75) is 70.6 Å². The number of carbonyl (C=O) groups excluding carboxylic acids is 1. The Morgan fingerprint density at radius 2 is 1.75 bits per heavy atom. The highest BCUT2D eigenvalue weighted by molar-refractivity contribution is 5.89. The minimum Gasteiger partial charge on any atom is -0.381 e. The van der Waals surface area contributed by atoms with Gasteiger partial charge in [-0.1, -0.05) is 19.3 Å². The summed E-state index contributed by atoms with van der Waals surface area (Å²) < 4.78 is 0. The molecule has 2 atom stereocenters. The fourth-order valence-electron chi connectivity index (χ4n) is 3.22. The number of likely N-dealkylation sites (tertiary alicyclic amines) is 1. The molecule has 2 fully saturated rings. The van der Waals surface area contributed by atoms with Crippen molar-refractivity contribution in [1.29, 1.82) is 0 Å². The minimum atomic E-state index is -0.734. The molecule has 0 aromatic carbocycles. The number of nitrogens with zero attached hydrogens (tertiary/aromatic N) is 1. The molecule has 1 aliphatic carbocycles. The summed E-state index contributed by atoms with van der Waals surface area (Å²) in [6.45, 7) is 6.14. The molecule has 92 valence electrons. The number of aliphatic hydroxyl groups is 1. The van der Waals surface area contributed by atoms with Crippen LogP contribution in [0.2, 0.25) is 0 Å². The van der Waals surface area contributed by atoms with Gasteiger partial charge >= 0.3 is 0 Å². The van der Waals surface area contributed by atoms with Crippen molar-refractivity contribution in [2.75, 3.05) is 0 Å². The molecule has 1 aliphatic heterocycles. The molecule has 0 aromatic heterocycles. The first-order valence-electron chi connectivity index (χ1n) is 6.44. The van der Waals surface area contributed by atoms with Gasteiger partial charge < -0.3 is 10.0 Å². The van der Waals surface area contributed by atoms with Gasteiger partial charge in [0, 0.05) is 5.54 Å². The maximum absolute atomic E-state index is 11.7. The van der Waals surface area contributed by atoms with Gasteiger partial charge in [0.25, 0.3) is 5.91 Å². The lowest BCUT2D eigenvalue weighted by atomic mass is 9.75. The van der Waals surface area contributed by atoms with E-state index >= 15 is 0 Å². The van der Waals surface area contributed by atoms with Gasteiger partial charge in [-0.25, -0.2) is 0 Å². The van der Waals surface area contributed by atoms with E-state index in [0.717, 1.165) is 0 Å². The molecule has 0 radical (unpaired) electrons. The molecule has 2 aliphatic rings. The second kappa shape index (κ2) is 4.02. The van der Waals surface area contributed by atoms with Gasteiger partial charge in [-0.05, 0) is 39.5 Å². The average Bonchev–Trinajstić information content (AvgIpc) is 2.23. The predicted octanol–water partition coefficient (Wildman–Crippen LogP) is 1.94. The highest BCUT2D eigenvalue weighted by Crippen LogP contribution is 2.39. The van der Waals surface area contributed by atoms with Crippen molar-refractivity contribution in [3.05, 3.63) is 0 Å². The van der Waals surface area contributed by atoms with E-state index in [4.69, 9.17) is 0 Å². The fourth-order valence-corrected chi connectivity index (χ4v) is 3.22. The molecule has 1 heterocycles. The van der Waals surface area contributed by atoms with Gasteiger partial charge in [-0.15, -0.1) is 0 Å². The second-order valence-electron chi connectivity index (χ2n) is 6.21. The summed E-state index contributed by atoms with van der Waals surface area (Å²) in [6, 6.07) is 0.0767. The third-order valence-corrected chi connectivity index (χ3v) is 3.97. The number of hydrogen-bond donors (Lipinski definition) is 1. The molecule has 2 rings (SSSR count). The Balaban J connectivity index is 2.10. The molecule has 16 heavy (non-hydrogen) atoms. The van der Waals surface area contributed by atoms with Crippen molar-refractivity contribution in [2.24, 2.45) is 5.92 Å². The standard InChI is InChI=1S/C13H23NO2/c1-13(2,3)14-10(11(15)12(14)16)9-7-5-4-6-8-9/h9-11,15H,4-8H2,1-3H3/t10-,11+/m0/s1. The van der Waals surface area contributed by atoms with Gasteiger partial charge in [0.1, 0.15) is 0 Å². The summed E-state index contributed by atoms with van der Waals surface area (Å²) in [5, 5.41) is 9.87. The van der Waals surface area contributed by atoms with Crippen LogP contribution in [-0.4, -0.2) is 33.6 Å². The predicted molar refractivity (Wildman–Crippen MR) is 63.0 cm³/mol. The van der Waals surface area contributed by atoms with Crippen LogP contribution in [-0.2, 0) is 4.79 Å². The first-order valence-corrected chi connectivity index (χ1v) is 6.44. The van der Waals surface area contributed by atoms with Crippen LogP contribution in [0.1, 0.15) is 52.9 Å². The normalized spacial score (nSPS) is 32.8. The Bertz CT molecular complexity index is 276. The van der Waals surface area contributed by atoms with Crippen LogP contribution < -0.4 is 0 Å². The van der Waals surface area contributed by atoms with E-state index in [2.05, 4.69) is 0 Å². The van der Waals surface area contributed by atoms with Gasteiger partial charge in [0.2, 0.25) is 0 Å². The van der Waals surface area contributed by atoms with Crippen molar-refractivity contribution >= 4 is 5.91 Å². The summed E-state index contributed by atoms with van der Waals surface area (Å²) in [5.74, 6) is 0.434. The van der Waals surface area contributed by atoms with E-state index < -0.39 is 6.10 Å². The van der Waals surface area contributed by atoms with Crippen molar-refractivity contribution in [1.82, 2.24) is 4.90 Å². The number of carbonyl (C=O) groups is 1. The molecule has 0 bridgehead atoms. The van der Waals surface area contributed by atoms with Gasteiger partial charge in [-0.3, -0.25) is 4.79 Å². The highest BCUT2D eigenvalue weighted by Gasteiger charge is 2.53. The van der Waals surface area contributed by atoms with E-state index in [9.17, 15) is 9.90 Å². The van der Waals surface area contributed by atoms with Crippen molar-refractivity contribution in [3.8, 4) is 0 Å². The molecule has 0 aromatic rings. The largest absolute Gasteiger partial charge is 0.381 e. The molecule has 3 heteroatoms. The van der Waals surface area contributed by atoms with Gasteiger partial charge in [-0.2, -0.15) is 0 Å². The summed E-state index contributed by atoms with van der Waals surface area (Å²) in [7, 11) is 0. The summed E-state index contributed by atoms with van der Waals surface area (Å²) >= 11 is 0. The summed E-state index contributed by atoms with van der Waals surface area (Å²) in [6.07, 6.45) is 5.41. The van der Waals surface area contributed by atoms with E-state index in [1.54, 1.807) is 0 Å². The average molecular weight is 225 g/mol. The molecular weight excluding hydrogens is 202 g/mol. The Kier molecular flexibility index (Phi) is 2.99. The third kappa shape index (κ3) is 1.86. The number of aliphatic hydroxyl groups excluding tert-OH is 1. The molecule has 1 amide bonds. The van der Waals surface area contributed by atoms with Crippen LogP contribution in [0.25, 0.3) is 0 Å². The Morgan fingerprint density at radius 1 is 1.19 bits per heavy atom. The molecule has 3 nitrogen and oxygen atoms in total. The highest BCUT2D eigenvalue weighted by atomic mass is 16.3. The Labute approximate surface area is 97.8 Å². The van der Waals surface area contributed by atoms with Gasteiger partial charge in [0.05, 0.1) is 6.04 Å². The van der Waals surface area contributed by atoms with Crippen molar-refractivity contribution < 1.29 is 9.90 Å². The van der Waals surface area contributed by atoms with Gasteiger partial charge in [0.15, 0.2) is 6.10 Å². The molecular formula is C13H23NO2. The molecule has 0 spiro atoms. The molecule has 0 unspecified atom stereocenters. The lowest BCUT2D eigenvalue weighted by Crippen LogP contribution is -2.72. The number of amides is 1. The van der Waals surface area contributed by atoms with Crippen LogP contribution in [0.4, 0.5) is 0 Å². The zero-order chi connectivity index (χ0) is 11.9. The zero-order valence-electron chi connectivity index (χ0n) is 10.6. The number of rotatable bonds is 1. The summed E-state index contributed by atoms with van der Waals surface area (Å²) in [5.41, 5.74) is -0.154. The van der Waals surface area contributed by atoms with Crippen LogP contribution >= 0.6 is 0 Å². The van der Waals surface area contributed by atoms with Crippen LogP contribution in [0, 0.1) is 5.92 Å². The first-order chi connectivity index (χ1) is 7.43. The van der Waals surface area contributed by atoms with Crippen molar-refractivity contribution in [3.63, 3.8) is 0 Å². The maximum atomic E-state index is 11.7. The number of hydrogen-bond acceptors (Lipinski definition) is 2. The quantitative estimate of drug-likeness (QED) is 0.693. The molecule has 1 saturated heterocycles. The number of β-lactam (4-membered cyclic amide) rings is 1. The van der Waals surface area contributed by atoms with Crippen LogP contribution in [0.5, 0.6) is 0 Å². The lowest BCUT2D eigenvalue weighted by molar-refractivity contribution is -0.184. The Morgan fingerprint density at radius 3 is 2.25 bits per heavy atom. The summed E-state index contributed by atoms with van der Waals surface area (Å²) in [4.78, 5) is 13.6. The van der Waals surface area contributed by atoms with Crippen LogP contribution in [0.15, 0.2) is 0 Å². The topological polar surface area (TPSA) is 40.5 Å². The monoisotopic (exact) mass is 225 g/mol. The SMILES string of the molecule is CC(C)(C)N1C(=O)[C@H](O)[C@@H]1C1CCCCC1. The smallest absolute Gasteiger partial charge is 0.254 e. The van der Waals surface area contributed by atoms with E-state index in [1.807, 2.05) is 25.7 Å². The lowest BCUT2D eigenvalue weighted by Gasteiger charge is -2.55. The fraction of sp³-hybridized carbons (Fsp3) is 0.923. The van der Waals surface area contributed by atoms with E-state index in [1.165, 1.54) is 32.1 Å². The van der Waals surface area contributed by atoms with Crippen LogP contribution in [0.3, 0.4) is 0 Å². The minimum absolute atomic E-state index is 0.0767. The zero-order valence-corrected chi connectivity index (χ0v) is 10.6. The Hall–Kier alpha value is -0.570. The van der Waals surface area contributed by atoms with E-state index in [0.29, 0.717) is 5.92 Å². The second-order valence-corrected chi connectivity index (χ2v) is 6.21. The molecule has 1 N–H and O–H groups in total. The molecule has 1 saturated carbocycles. The maximum Gasteiger partial charge on any atom is 0.254 e.